The molecule has 2 aromatic rings. The Hall–Kier alpha value is -2.48. The van der Waals surface area contributed by atoms with Crippen LogP contribution in [0.15, 0.2) is 36.5 Å². The number of rotatable bonds is 7. The zero-order chi connectivity index (χ0) is 19.2. The molecule has 0 fully saturated rings. The van der Waals surface area contributed by atoms with E-state index in [-0.39, 0.29) is 24.0 Å². The Balaban J connectivity index is 1.92. The number of aromatic nitrogens is 2. The lowest BCUT2D eigenvalue weighted by molar-refractivity contribution is 0.252. The molecule has 0 aliphatic rings. The summed E-state index contributed by atoms with van der Waals surface area (Å²) < 4.78 is 23.7. The predicted octanol–water partition coefficient (Wildman–Crippen LogP) is 2.64. The smallest absolute Gasteiger partial charge is 0.319 e. The Morgan fingerprint density at radius 1 is 1.23 bits per heavy atom. The van der Waals surface area contributed by atoms with Gasteiger partial charge in [0, 0.05) is 24.0 Å². The molecule has 0 aliphatic carbocycles. The predicted molar refractivity (Wildman–Crippen MR) is 103 cm³/mol. The summed E-state index contributed by atoms with van der Waals surface area (Å²) in [4.78, 5) is 20.4. The van der Waals surface area contributed by atoms with Crippen LogP contribution in [-0.2, 0) is 9.84 Å². The van der Waals surface area contributed by atoms with Crippen LogP contribution in [-0.4, -0.2) is 42.5 Å². The van der Waals surface area contributed by atoms with Crippen molar-refractivity contribution in [2.75, 3.05) is 23.4 Å². The Morgan fingerprint density at radius 3 is 2.69 bits per heavy atom. The molecular weight excluding hydrogens is 352 g/mol. The highest BCUT2D eigenvalue weighted by Crippen LogP contribution is 2.20. The number of carbonyl (C=O) groups excluding carboxylic acids is 1. The number of benzene rings is 1. The molecule has 8 heteroatoms. The minimum atomic E-state index is -3.15. The van der Waals surface area contributed by atoms with Gasteiger partial charge in [-0.25, -0.2) is 23.2 Å². The van der Waals surface area contributed by atoms with Crippen LogP contribution in [0.5, 0.6) is 0 Å². The number of carbonyl (C=O) groups is 1. The molecule has 2 rings (SSSR count). The zero-order valence-corrected chi connectivity index (χ0v) is 16.0. The highest BCUT2D eigenvalue weighted by Gasteiger charge is 2.13. The van der Waals surface area contributed by atoms with Crippen LogP contribution in [0.3, 0.4) is 0 Å². The maximum atomic E-state index is 12.0. The van der Waals surface area contributed by atoms with Gasteiger partial charge in [0.1, 0.15) is 5.82 Å². The SMILES string of the molecule is Cc1nccc(-c2cccc(NC(=O)NCCS(=O)(=O)CC(C)C)c2)n1. The van der Waals surface area contributed by atoms with Gasteiger partial charge in [0.15, 0.2) is 9.84 Å². The first-order chi connectivity index (χ1) is 12.2. The van der Waals surface area contributed by atoms with Gasteiger partial charge in [0.25, 0.3) is 0 Å². The maximum Gasteiger partial charge on any atom is 0.319 e. The number of nitrogens with zero attached hydrogens (tertiary/aromatic N) is 2. The summed E-state index contributed by atoms with van der Waals surface area (Å²) in [5, 5.41) is 5.28. The minimum absolute atomic E-state index is 0.0706. The van der Waals surface area contributed by atoms with E-state index in [0.717, 1.165) is 11.3 Å². The lowest BCUT2D eigenvalue weighted by Gasteiger charge is -2.10. The van der Waals surface area contributed by atoms with E-state index in [1.807, 2.05) is 32.9 Å². The number of hydrogen-bond acceptors (Lipinski definition) is 5. The summed E-state index contributed by atoms with van der Waals surface area (Å²) in [6, 6.07) is 8.62. The largest absolute Gasteiger partial charge is 0.337 e. The highest BCUT2D eigenvalue weighted by atomic mass is 32.2. The Labute approximate surface area is 154 Å². The molecule has 0 spiro atoms. The molecule has 0 saturated heterocycles. The third kappa shape index (κ3) is 6.44. The molecule has 0 atom stereocenters. The molecule has 0 unspecified atom stereocenters. The molecule has 1 heterocycles. The second kappa shape index (κ2) is 8.75. The van der Waals surface area contributed by atoms with Crippen LogP contribution < -0.4 is 10.6 Å². The molecule has 2 N–H and O–H groups in total. The Morgan fingerprint density at radius 2 is 2.00 bits per heavy atom. The lowest BCUT2D eigenvalue weighted by atomic mass is 10.1. The van der Waals surface area contributed by atoms with Gasteiger partial charge in [0.05, 0.1) is 17.2 Å². The molecule has 1 aromatic carbocycles. The zero-order valence-electron chi connectivity index (χ0n) is 15.2. The van der Waals surface area contributed by atoms with Gasteiger partial charge < -0.3 is 10.6 Å². The molecule has 7 nitrogen and oxygen atoms in total. The van der Waals surface area contributed by atoms with Crippen molar-refractivity contribution in [2.24, 2.45) is 5.92 Å². The second-order valence-electron chi connectivity index (χ2n) is 6.46. The van der Waals surface area contributed by atoms with Crippen LogP contribution in [0, 0.1) is 12.8 Å². The number of nitrogens with one attached hydrogen (secondary N) is 2. The molecular formula is C18H24N4O3S. The monoisotopic (exact) mass is 376 g/mol. The number of amides is 2. The van der Waals surface area contributed by atoms with Crippen molar-refractivity contribution in [3.8, 4) is 11.3 Å². The topological polar surface area (TPSA) is 101 Å². The van der Waals surface area contributed by atoms with Crippen LogP contribution in [0.2, 0.25) is 0 Å². The molecule has 1 aromatic heterocycles. The van der Waals surface area contributed by atoms with Crippen LogP contribution >= 0.6 is 0 Å². The van der Waals surface area contributed by atoms with E-state index in [9.17, 15) is 13.2 Å². The van der Waals surface area contributed by atoms with E-state index < -0.39 is 15.9 Å². The summed E-state index contributed by atoms with van der Waals surface area (Å²) in [6.45, 7) is 5.59. The average molecular weight is 376 g/mol. The number of aryl methyl sites for hydroxylation is 1. The summed E-state index contributed by atoms with van der Waals surface area (Å²) >= 11 is 0. The van der Waals surface area contributed by atoms with Gasteiger partial charge in [-0.3, -0.25) is 0 Å². The van der Waals surface area contributed by atoms with Gasteiger partial charge >= 0.3 is 6.03 Å². The summed E-state index contributed by atoms with van der Waals surface area (Å²) in [6.07, 6.45) is 1.68. The molecule has 0 radical (unpaired) electrons. The number of hydrogen-bond donors (Lipinski definition) is 2. The van der Waals surface area contributed by atoms with Crippen molar-refractivity contribution in [3.05, 3.63) is 42.4 Å². The number of sulfone groups is 1. The van der Waals surface area contributed by atoms with E-state index in [1.165, 1.54) is 0 Å². The fraction of sp³-hybridized carbons (Fsp3) is 0.389. The molecule has 26 heavy (non-hydrogen) atoms. The number of anilines is 1. The van der Waals surface area contributed by atoms with E-state index in [2.05, 4.69) is 20.6 Å². The minimum Gasteiger partial charge on any atom is -0.337 e. The molecule has 0 saturated carbocycles. The van der Waals surface area contributed by atoms with Gasteiger partial charge in [-0.2, -0.15) is 0 Å². The lowest BCUT2D eigenvalue weighted by Crippen LogP contribution is -2.33. The molecule has 140 valence electrons. The fourth-order valence-corrected chi connectivity index (χ4v) is 4.06. The summed E-state index contributed by atoms with van der Waals surface area (Å²) in [5.74, 6) is 0.790. The summed E-state index contributed by atoms with van der Waals surface area (Å²) in [7, 11) is -3.15. The third-order valence-electron chi connectivity index (χ3n) is 3.48. The van der Waals surface area contributed by atoms with Gasteiger partial charge in [-0.05, 0) is 31.0 Å². The van der Waals surface area contributed by atoms with Crippen LogP contribution in [0.25, 0.3) is 11.3 Å². The standard InChI is InChI=1S/C18H24N4O3S/c1-13(2)12-26(24,25)10-9-20-18(23)22-16-6-4-5-15(11-16)17-7-8-19-14(3)21-17/h4-8,11,13H,9-10,12H2,1-3H3,(H2,20,22,23). The van der Waals surface area contributed by atoms with Crippen LogP contribution in [0.4, 0.5) is 10.5 Å². The summed E-state index contributed by atoms with van der Waals surface area (Å²) in [5.41, 5.74) is 2.22. The third-order valence-corrected chi connectivity index (χ3v) is 5.48. The average Bonchev–Trinajstić information content (AvgIpc) is 2.53. The van der Waals surface area contributed by atoms with Gasteiger partial charge in [0.2, 0.25) is 0 Å². The van der Waals surface area contributed by atoms with Crippen molar-refractivity contribution in [2.45, 2.75) is 20.8 Å². The molecule has 2 amide bonds. The first-order valence-corrected chi connectivity index (χ1v) is 10.2. The molecule has 0 bridgehead atoms. The van der Waals surface area contributed by atoms with E-state index in [4.69, 9.17) is 0 Å². The van der Waals surface area contributed by atoms with E-state index in [1.54, 1.807) is 24.4 Å². The van der Waals surface area contributed by atoms with Crippen molar-refractivity contribution in [3.63, 3.8) is 0 Å². The van der Waals surface area contributed by atoms with Crippen molar-refractivity contribution in [1.29, 1.82) is 0 Å². The van der Waals surface area contributed by atoms with Crippen molar-refractivity contribution in [1.82, 2.24) is 15.3 Å². The second-order valence-corrected chi connectivity index (χ2v) is 8.69. The van der Waals surface area contributed by atoms with Crippen LogP contribution in [0.1, 0.15) is 19.7 Å². The van der Waals surface area contributed by atoms with E-state index >= 15 is 0 Å². The normalized spacial score (nSPS) is 11.4. The first kappa shape index (κ1) is 19.8. The molecule has 0 aliphatic heterocycles. The van der Waals surface area contributed by atoms with E-state index in [0.29, 0.717) is 11.5 Å². The Kier molecular flexibility index (Phi) is 6.68. The fourth-order valence-electron chi connectivity index (χ4n) is 2.46. The first-order valence-electron chi connectivity index (χ1n) is 8.40. The van der Waals surface area contributed by atoms with Gasteiger partial charge in [-0.15, -0.1) is 0 Å². The highest BCUT2D eigenvalue weighted by molar-refractivity contribution is 7.91. The quantitative estimate of drug-likeness (QED) is 0.773. The Bertz CT molecular complexity index is 866. The van der Waals surface area contributed by atoms with Gasteiger partial charge in [-0.1, -0.05) is 26.0 Å². The number of urea groups is 1. The van der Waals surface area contributed by atoms with Crippen molar-refractivity contribution >= 4 is 21.6 Å². The van der Waals surface area contributed by atoms with Crippen molar-refractivity contribution < 1.29 is 13.2 Å². The maximum absolute atomic E-state index is 12.0.